The van der Waals surface area contributed by atoms with Crippen molar-refractivity contribution in [1.29, 1.82) is 0 Å². The molecular formula is C10H18Cl2N2OS-2. The zero-order chi connectivity index (χ0) is 10.2. The summed E-state index contributed by atoms with van der Waals surface area (Å²) in [5.41, 5.74) is 1.34. The summed E-state index contributed by atoms with van der Waals surface area (Å²) < 4.78 is 0. The van der Waals surface area contributed by atoms with E-state index in [4.69, 9.17) is 5.11 Å². The van der Waals surface area contributed by atoms with E-state index in [0.29, 0.717) is 6.54 Å². The van der Waals surface area contributed by atoms with E-state index in [1.54, 1.807) is 18.3 Å². The van der Waals surface area contributed by atoms with E-state index in [-0.39, 0.29) is 30.9 Å². The molecule has 0 fully saturated rings. The molecule has 1 rings (SSSR count). The molecule has 0 radical (unpaired) electrons. The van der Waals surface area contributed by atoms with E-state index in [1.165, 1.54) is 5.56 Å². The first-order valence-electron chi connectivity index (χ1n) is 4.89. The van der Waals surface area contributed by atoms with Crippen molar-refractivity contribution < 1.29 is 29.9 Å². The van der Waals surface area contributed by atoms with Gasteiger partial charge < -0.3 is 40.6 Å². The second-order valence-electron chi connectivity index (χ2n) is 3.36. The van der Waals surface area contributed by atoms with Gasteiger partial charge in [0.1, 0.15) is 0 Å². The Labute approximate surface area is 113 Å². The lowest BCUT2D eigenvalue weighted by Gasteiger charge is -2.07. The van der Waals surface area contributed by atoms with Crippen LogP contribution in [-0.2, 0) is 6.54 Å². The van der Waals surface area contributed by atoms with E-state index >= 15 is 0 Å². The summed E-state index contributed by atoms with van der Waals surface area (Å²) in [4.78, 5) is 0. The van der Waals surface area contributed by atoms with Gasteiger partial charge in [-0.05, 0) is 29.3 Å². The molecule has 1 aromatic heterocycles. The average Bonchev–Trinajstić information content (AvgIpc) is 2.63. The Bertz CT molecular complexity index is 233. The molecule has 6 heteroatoms. The fourth-order valence-corrected chi connectivity index (χ4v) is 1.78. The van der Waals surface area contributed by atoms with Crippen LogP contribution in [0.25, 0.3) is 0 Å². The van der Waals surface area contributed by atoms with E-state index < -0.39 is 0 Å². The SMILES string of the molecule is CC(O)CNCCNCc1ccsc1.[Cl-].[Cl-]. The van der Waals surface area contributed by atoms with Gasteiger partial charge in [-0.2, -0.15) is 11.3 Å². The summed E-state index contributed by atoms with van der Waals surface area (Å²) in [6.07, 6.45) is -0.258. The molecular weight excluding hydrogens is 267 g/mol. The van der Waals surface area contributed by atoms with Gasteiger partial charge in [-0.25, -0.2) is 0 Å². The molecule has 1 unspecified atom stereocenters. The molecule has 0 amide bonds. The Balaban J connectivity index is 0. The summed E-state index contributed by atoms with van der Waals surface area (Å²) in [6.45, 7) is 5.21. The topological polar surface area (TPSA) is 44.3 Å². The Morgan fingerprint density at radius 2 is 2.00 bits per heavy atom. The van der Waals surface area contributed by atoms with Crippen LogP contribution in [0, 0.1) is 0 Å². The van der Waals surface area contributed by atoms with Crippen molar-refractivity contribution in [3.63, 3.8) is 0 Å². The highest BCUT2D eigenvalue weighted by molar-refractivity contribution is 7.07. The van der Waals surface area contributed by atoms with Crippen molar-refractivity contribution in [2.24, 2.45) is 0 Å². The minimum absolute atomic E-state index is 0. The lowest BCUT2D eigenvalue weighted by atomic mass is 10.3. The molecule has 0 aliphatic heterocycles. The number of hydrogen-bond acceptors (Lipinski definition) is 4. The third-order valence-corrected chi connectivity index (χ3v) is 2.56. The Kier molecular flexibility index (Phi) is 13.5. The molecule has 0 saturated heterocycles. The van der Waals surface area contributed by atoms with Gasteiger partial charge in [-0.3, -0.25) is 0 Å². The number of aliphatic hydroxyl groups excluding tert-OH is 1. The number of thiophene rings is 1. The highest BCUT2D eigenvalue weighted by atomic mass is 35.5. The first-order chi connectivity index (χ1) is 6.79. The molecule has 0 aromatic carbocycles. The maximum atomic E-state index is 8.98. The van der Waals surface area contributed by atoms with Gasteiger partial charge in [-0.15, -0.1) is 0 Å². The Morgan fingerprint density at radius 3 is 2.56 bits per heavy atom. The minimum Gasteiger partial charge on any atom is -1.00 e. The van der Waals surface area contributed by atoms with Crippen LogP contribution in [0.2, 0.25) is 0 Å². The van der Waals surface area contributed by atoms with E-state index in [0.717, 1.165) is 19.6 Å². The standard InChI is InChI=1S/C10H18N2OS.2ClH/c1-9(13)6-11-3-4-12-7-10-2-5-14-8-10;;/h2,5,8-9,11-13H,3-4,6-7H2,1H3;2*1H/p-2. The fraction of sp³-hybridized carbons (Fsp3) is 0.600. The normalized spacial score (nSPS) is 11.4. The lowest BCUT2D eigenvalue weighted by Crippen LogP contribution is -3.00. The van der Waals surface area contributed by atoms with Crippen molar-refractivity contribution in [3.8, 4) is 0 Å². The van der Waals surface area contributed by atoms with Crippen molar-refractivity contribution in [3.05, 3.63) is 22.4 Å². The first-order valence-corrected chi connectivity index (χ1v) is 5.84. The molecule has 1 heterocycles. The van der Waals surface area contributed by atoms with Gasteiger partial charge in [0.15, 0.2) is 0 Å². The number of hydrogen-bond donors (Lipinski definition) is 3. The highest BCUT2D eigenvalue weighted by Crippen LogP contribution is 2.04. The molecule has 3 N–H and O–H groups in total. The molecule has 16 heavy (non-hydrogen) atoms. The highest BCUT2D eigenvalue weighted by Gasteiger charge is 1.94. The third kappa shape index (κ3) is 9.39. The van der Waals surface area contributed by atoms with Crippen LogP contribution in [-0.4, -0.2) is 30.8 Å². The zero-order valence-electron chi connectivity index (χ0n) is 9.25. The summed E-state index contributed by atoms with van der Waals surface area (Å²) >= 11 is 1.72. The lowest BCUT2D eigenvalue weighted by molar-refractivity contribution is -0.00100. The molecule has 0 saturated carbocycles. The zero-order valence-corrected chi connectivity index (χ0v) is 11.6. The predicted octanol–water partition coefficient (Wildman–Crippen LogP) is -5.18. The number of rotatable bonds is 7. The van der Waals surface area contributed by atoms with Crippen molar-refractivity contribution in [2.45, 2.75) is 19.6 Å². The average molecular weight is 285 g/mol. The Morgan fingerprint density at radius 1 is 1.31 bits per heavy atom. The summed E-state index contributed by atoms with van der Waals surface area (Å²) in [5, 5.41) is 19.7. The first kappa shape index (κ1) is 18.5. The smallest absolute Gasteiger partial charge is 0.0636 e. The molecule has 3 nitrogen and oxygen atoms in total. The minimum atomic E-state index is -0.258. The van der Waals surface area contributed by atoms with Gasteiger partial charge in [0, 0.05) is 26.2 Å². The molecule has 0 aliphatic carbocycles. The molecule has 0 spiro atoms. The maximum Gasteiger partial charge on any atom is 0.0636 e. The second-order valence-corrected chi connectivity index (χ2v) is 4.14. The molecule has 0 bridgehead atoms. The molecule has 0 aliphatic rings. The van der Waals surface area contributed by atoms with E-state index in [9.17, 15) is 0 Å². The number of nitrogens with one attached hydrogen (secondary N) is 2. The van der Waals surface area contributed by atoms with Crippen LogP contribution in [0.3, 0.4) is 0 Å². The maximum absolute atomic E-state index is 8.98. The summed E-state index contributed by atoms with van der Waals surface area (Å²) in [5.74, 6) is 0. The van der Waals surface area contributed by atoms with Crippen LogP contribution >= 0.6 is 11.3 Å². The van der Waals surface area contributed by atoms with Crippen LogP contribution < -0.4 is 35.4 Å². The monoisotopic (exact) mass is 284 g/mol. The predicted molar refractivity (Wildman–Crippen MR) is 60.6 cm³/mol. The second kappa shape index (κ2) is 11.6. The van der Waals surface area contributed by atoms with Crippen LogP contribution in [0.4, 0.5) is 0 Å². The molecule has 1 aromatic rings. The van der Waals surface area contributed by atoms with Crippen LogP contribution in [0.5, 0.6) is 0 Å². The quantitative estimate of drug-likeness (QED) is 0.439. The Hall–Kier alpha value is 0.160. The fourth-order valence-electron chi connectivity index (χ4n) is 1.11. The summed E-state index contributed by atoms with van der Waals surface area (Å²) in [7, 11) is 0. The van der Waals surface area contributed by atoms with Crippen LogP contribution in [0.15, 0.2) is 16.8 Å². The number of aliphatic hydroxyl groups is 1. The van der Waals surface area contributed by atoms with E-state index in [2.05, 4.69) is 27.5 Å². The third-order valence-electron chi connectivity index (χ3n) is 1.83. The number of halogens is 2. The van der Waals surface area contributed by atoms with Gasteiger partial charge in [-0.1, -0.05) is 0 Å². The largest absolute Gasteiger partial charge is 1.00 e. The van der Waals surface area contributed by atoms with Crippen molar-refractivity contribution in [1.82, 2.24) is 10.6 Å². The molecule has 1 atom stereocenters. The van der Waals surface area contributed by atoms with Gasteiger partial charge in [0.05, 0.1) is 6.10 Å². The van der Waals surface area contributed by atoms with Gasteiger partial charge in [0.2, 0.25) is 0 Å². The van der Waals surface area contributed by atoms with Gasteiger partial charge >= 0.3 is 0 Å². The van der Waals surface area contributed by atoms with Crippen molar-refractivity contribution in [2.75, 3.05) is 19.6 Å². The van der Waals surface area contributed by atoms with Crippen molar-refractivity contribution >= 4 is 11.3 Å². The van der Waals surface area contributed by atoms with Gasteiger partial charge in [0.25, 0.3) is 0 Å². The summed E-state index contributed by atoms with van der Waals surface area (Å²) in [6, 6.07) is 2.13. The van der Waals surface area contributed by atoms with E-state index in [1.807, 2.05) is 0 Å². The van der Waals surface area contributed by atoms with Crippen LogP contribution in [0.1, 0.15) is 12.5 Å². The molecule has 96 valence electrons.